The van der Waals surface area contributed by atoms with E-state index in [9.17, 15) is 0 Å². The maximum absolute atomic E-state index is 8.91. The predicted molar refractivity (Wildman–Crippen MR) is 173 cm³/mol. The van der Waals surface area contributed by atoms with Crippen molar-refractivity contribution in [1.29, 1.82) is 0 Å². The average molecular weight is 670 g/mol. The van der Waals surface area contributed by atoms with E-state index in [2.05, 4.69) is 82.3 Å². The fourth-order valence-corrected chi connectivity index (χ4v) is 7.61. The van der Waals surface area contributed by atoms with E-state index in [0.29, 0.717) is 0 Å². The molecule has 220 valence electrons. The van der Waals surface area contributed by atoms with Crippen molar-refractivity contribution in [2.75, 3.05) is 22.9 Å². The molecule has 0 spiro atoms. The molecule has 0 atom stereocenters. The van der Waals surface area contributed by atoms with Gasteiger partial charge in [0, 0.05) is 24.5 Å². The van der Waals surface area contributed by atoms with Crippen LogP contribution in [0.15, 0.2) is 54.6 Å². The molecular formula is C34H45Cl2N2ORu-. The van der Waals surface area contributed by atoms with Crippen molar-refractivity contribution in [3.63, 3.8) is 0 Å². The van der Waals surface area contributed by atoms with Crippen molar-refractivity contribution in [2.45, 2.75) is 79.8 Å². The van der Waals surface area contributed by atoms with E-state index in [0.717, 1.165) is 31.5 Å². The molecule has 1 aliphatic carbocycles. The van der Waals surface area contributed by atoms with Gasteiger partial charge in [0.05, 0.1) is 6.10 Å². The minimum absolute atomic E-state index is 0.0359. The number of hydrogen-bond acceptors (Lipinski definition) is 3. The average Bonchev–Trinajstić information content (AvgIpc) is 3.33. The zero-order valence-electron chi connectivity index (χ0n) is 24.8. The number of anilines is 2. The number of aryl methyl sites for hydroxylation is 6. The van der Waals surface area contributed by atoms with Crippen LogP contribution in [0.25, 0.3) is 0 Å². The maximum atomic E-state index is 8.91. The minimum atomic E-state index is -1.61. The van der Waals surface area contributed by atoms with Crippen molar-refractivity contribution in [3.8, 4) is 0 Å². The molecule has 0 aromatic heterocycles. The third-order valence-corrected chi connectivity index (χ3v) is 9.15. The van der Waals surface area contributed by atoms with E-state index in [1.165, 1.54) is 64.0 Å². The number of nitrogens with zero attached hydrogens (tertiary/aromatic N) is 2. The zero-order chi connectivity index (χ0) is 29.2. The van der Waals surface area contributed by atoms with Gasteiger partial charge in [0.2, 0.25) is 0 Å². The second kappa shape index (κ2) is 16.1. The van der Waals surface area contributed by atoms with E-state index in [1.807, 2.05) is 34.9 Å². The van der Waals surface area contributed by atoms with Crippen LogP contribution in [0.3, 0.4) is 0 Å². The van der Waals surface area contributed by atoms with Crippen LogP contribution in [-0.2, 0) is 13.5 Å². The molecule has 1 saturated heterocycles. The van der Waals surface area contributed by atoms with Gasteiger partial charge in [0.25, 0.3) is 0 Å². The van der Waals surface area contributed by atoms with Crippen LogP contribution in [-0.4, -0.2) is 28.9 Å². The molecule has 3 aromatic carbocycles. The fraction of sp³-hybridized carbons (Fsp3) is 0.412. The Labute approximate surface area is 255 Å². The van der Waals surface area contributed by atoms with Gasteiger partial charge in [-0.15, -0.1) is 0 Å². The third-order valence-electron chi connectivity index (χ3n) is 7.28. The van der Waals surface area contributed by atoms with Gasteiger partial charge in [-0.3, -0.25) is 0 Å². The SMILES string of the molecule is Cc1cc(C)c(N2[CH-]N(c3c(C)cc(C)cc3C)CC2)c(C)c1.OC1CCCCC1.[Cl][Ru]([Cl])=[CH]c1ccccc1. The first-order valence-corrected chi connectivity index (χ1v) is 19.6. The molecule has 3 aromatic rings. The van der Waals surface area contributed by atoms with Gasteiger partial charge >= 0.3 is 73.4 Å². The summed E-state index contributed by atoms with van der Waals surface area (Å²) in [6.45, 7) is 17.6. The molecule has 0 amide bonds. The first-order valence-electron chi connectivity index (χ1n) is 14.2. The number of rotatable bonds is 3. The molecule has 6 heteroatoms. The van der Waals surface area contributed by atoms with Crippen molar-refractivity contribution >= 4 is 35.4 Å². The number of halogens is 2. The normalized spacial score (nSPS) is 15.6. The Morgan fingerprint density at radius 1 is 0.725 bits per heavy atom. The Morgan fingerprint density at radius 3 is 1.50 bits per heavy atom. The molecule has 1 N–H and O–H groups in total. The first kappa shape index (κ1) is 32.8. The summed E-state index contributed by atoms with van der Waals surface area (Å²) in [4.78, 5) is 4.81. The Hall–Kier alpha value is -1.71. The van der Waals surface area contributed by atoms with Gasteiger partial charge < -0.3 is 14.9 Å². The molecule has 0 bridgehead atoms. The number of aliphatic hydroxyl groups excluding tert-OH is 1. The van der Waals surface area contributed by atoms with Gasteiger partial charge in [0.15, 0.2) is 0 Å². The summed E-state index contributed by atoms with van der Waals surface area (Å²) in [5.41, 5.74) is 12.0. The molecule has 40 heavy (non-hydrogen) atoms. The Bertz CT molecular complexity index is 1160. The van der Waals surface area contributed by atoms with Crippen molar-refractivity contribution in [1.82, 2.24) is 0 Å². The van der Waals surface area contributed by atoms with Crippen LogP contribution in [0.5, 0.6) is 0 Å². The van der Waals surface area contributed by atoms with Gasteiger partial charge in [0.1, 0.15) is 0 Å². The molecule has 1 heterocycles. The Balaban J connectivity index is 0.000000212. The number of aliphatic hydroxyl groups is 1. The van der Waals surface area contributed by atoms with Gasteiger partial charge in [-0.1, -0.05) is 54.7 Å². The first-order chi connectivity index (χ1) is 19.0. The molecule has 0 unspecified atom stereocenters. The molecule has 2 fully saturated rings. The summed E-state index contributed by atoms with van der Waals surface area (Å²) in [7, 11) is 11.3. The van der Waals surface area contributed by atoms with E-state index in [4.69, 9.17) is 24.5 Å². The second-order valence-corrected chi connectivity index (χ2v) is 16.7. The zero-order valence-corrected chi connectivity index (χ0v) is 28.1. The van der Waals surface area contributed by atoms with Crippen LogP contribution in [0.2, 0.25) is 0 Å². The summed E-state index contributed by atoms with van der Waals surface area (Å²) in [6.07, 6.45) is 5.92. The van der Waals surface area contributed by atoms with E-state index < -0.39 is 13.5 Å². The van der Waals surface area contributed by atoms with E-state index >= 15 is 0 Å². The Morgan fingerprint density at radius 2 is 1.15 bits per heavy atom. The molecule has 3 nitrogen and oxygen atoms in total. The standard InChI is InChI=1S/C21H27N2.C7H6.C6H12O.2ClH.Ru/c1-14-9-16(3)20(17(4)10-14)22-7-8-23(13-22)21-18(5)11-15(2)12-19(21)6;1-7-5-3-2-4-6-7;7-6-4-2-1-3-5-6;;;/h9-13H,7-8H2,1-6H3;1-6H;6-7H,1-5H2;2*1H;/q-1;;;;;+2/p-2. The molecule has 2 aliphatic rings. The third kappa shape index (κ3) is 9.98. The summed E-state index contributed by atoms with van der Waals surface area (Å²) in [5, 5.41) is 8.91. The van der Waals surface area contributed by atoms with E-state index in [-0.39, 0.29) is 6.10 Å². The molecular weight excluding hydrogens is 624 g/mol. The summed E-state index contributed by atoms with van der Waals surface area (Å²) < 4.78 is 1.92. The van der Waals surface area contributed by atoms with Crippen LogP contribution < -0.4 is 9.80 Å². The topological polar surface area (TPSA) is 26.7 Å². The van der Waals surface area contributed by atoms with Crippen molar-refractivity contribution in [2.24, 2.45) is 0 Å². The Kier molecular flexibility index (Phi) is 13.2. The van der Waals surface area contributed by atoms with Crippen molar-refractivity contribution < 1.29 is 18.6 Å². The van der Waals surface area contributed by atoms with E-state index in [1.54, 1.807) is 0 Å². The van der Waals surface area contributed by atoms with Crippen LogP contribution in [0.4, 0.5) is 11.4 Å². The molecule has 5 rings (SSSR count). The van der Waals surface area contributed by atoms with Crippen LogP contribution in [0.1, 0.15) is 71.0 Å². The molecule has 1 aliphatic heterocycles. The second-order valence-electron chi connectivity index (χ2n) is 11.0. The number of benzene rings is 3. The molecule has 1 saturated carbocycles. The predicted octanol–water partition coefficient (Wildman–Crippen LogP) is 9.06. The fourth-order valence-electron chi connectivity index (χ4n) is 5.78. The molecule has 0 radical (unpaired) electrons. The summed E-state index contributed by atoms with van der Waals surface area (Å²) in [5.74, 6) is 0. The summed E-state index contributed by atoms with van der Waals surface area (Å²) >= 11 is -1.61. The number of hydrogen-bond donors (Lipinski definition) is 1. The quantitative estimate of drug-likeness (QED) is 0.223. The van der Waals surface area contributed by atoms with Crippen LogP contribution in [0, 0.1) is 48.2 Å². The van der Waals surface area contributed by atoms with Gasteiger partial charge in [-0.25, -0.2) is 0 Å². The van der Waals surface area contributed by atoms with Gasteiger partial charge in [-0.2, -0.15) is 6.67 Å². The van der Waals surface area contributed by atoms with Gasteiger partial charge in [-0.05, 0) is 76.6 Å². The van der Waals surface area contributed by atoms with Crippen LogP contribution >= 0.6 is 19.4 Å². The summed E-state index contributed by atoms with van der Waals surface area (Å²) in [6, 6.07) is 19.0. The van der Waals surface area contributed by atoms with Crippen molar-refractivity contribution in [3.05, 3.63) is 100 Å². The monoisotopic (exact) mass is 669 g/mol.